The van der Waals surface area contributed by atoms with Crippen molar-refractivity contribution in [2.24, 2.45) is 0 Å². The van der Waals surface area contributed by atoms with E-state index in [1.54, 1.807) is 12.1 Å². The first-order valence-electron chi connectivity index (χ1n) is 8.76. The number of benzene rings is 1. The van der Waals surface area contributed by atoms with Crippen LogP contribution in [0.5, 0.6) is 0 Å². The van der Waals surface area contributed by atoms with E-state index >= 15 is 0 Å². The summed E-state index contributed by atoms with van der Waals surface area (Å²) in [5, 5.41) is 5.48. The predicted octanol–water partition coefficient (Wildman–Crippen LogP) is 0.321. The molecule has 7 nitrogen and oxygen atoms in total. The maximum Gasteiger partial charge on any atom is 0.251 e. The molecule has 0 saturated carbocycles. The molecule has 0 atom stereocenters. The van der Waals surface area contributed by atoms with Gasteiger partial charge in [0.1, 0.15) is 0 Å². The van der Waals surface area contributed by atoms with E-state index in [0.29, 0.717) is 12.1 Å². The van der Waals surface area contributed by atoms with E-state index in [-0.39, 0.29) is 18.4 Å². The lowest BCUT2D eigenvalue weighted by Gasteiger charge is -2.26. The molecule has 0 radical (unpaired) electrons. The minimum absolute atomic E-state index is 0.0153. The van der Waals surface area contributed by atoms with Gasteiger partial charge in [-0.15, -0.1) is 0 Å². The fourth-order valence-electron chi connectivity index (χ4n) is 2.55. The average Bonchev–Trinajstić information content (AvgIpc) is 2.66. The maximum atomic E-state index is 12.1. The maximum absolute atomic E-state index is 12.1. The number of anilines is 1. The van der Waals surface area contributed by atoms with Crippen molar-refractivity contribution >= 4 is 17.5 Å². The second-order valence-electron chi connectivity index (χ2n) is 6.05. The lowest BCUT2D eigenvalue weighted by atomic mass is 10.2. The van der Waals surface area contributed by atoms with Crippen molar-refractivity contribution in [1.82, 2.24) is 15.5 Å². The van der Waals surface area contributed by atoms with Crippen LogP contribution in [0.2, 0.25) is 0 Å². The highest BCUT2D eigenvalue weighted by Gasteiger charge is 2.11. The number of rotatable bonds is 8. The van der Waals surface area contributed by atoms with Gasteiger partial charge in [0, 0.05) is 51.0 Å². The molecule has 0 bridgehead atoms. The molecule has 138 valence electrons. The third-order valence-corrected chi connectivity index (χ3v) is 4.31. The van der Waals surface area contributed by atoms with E-state index in [4.69, 9.17) is 4.74 Å². The van der Waals surface area contributed by atoms with Gasteiger partial charge in [0.2, 0.25) is 5.91 Å². The first kappa shape index (κ1) is 19.2. The van der Waals surface area contributed by atoms with E-state index in [2.05, 4.69) is 27.4 Å². The highest BCUT2D eigenvalue weighted by molar-refractivity contribution is 5.96. The van der Waals surface area contributed by atoms with Crippen LogP contribution >= 0.6 is 0 Å². The number of morpholine rings is 1. The Morgan fingerprint density at radius 1 is 1.16 bits per heavy atom. The van der Waals surface area contributed by atoms with Crippen LogP contribution in [-0.2, 0) is 9.53 Å². The molecule has 7 heteroatoms. The first-order valence-corrected chi connectivity index (χ1v) is 8.76. The molecule has 0 aromatic heterocycles. The third kappa shape index (κ3) is 6.36. The summed E-state index contributed by atoms with van der Waals surface area (Å²) < 4.78 is 5.28. The molecule has 1 saturated heterocycles. The van der Waals surface area contributed by atoms with Gasteiger partial charge in [-0.05, 0) is 31.2 Å². The second kappa shape index (κ2) is 10.0. The molecule has 2 N–H and O–H groups in total. The standard InChI is InChI=1S/C18H28N4O3/c1-3-21(2)16-6-4-15(5-7-16)18(24)20-14-17(23)19-8-9-22-10-12-25-13-11-22/h4-7H,3,8-14H2,1-2H3,(H,19,23)(H,20,24). The minimum atomic E-state index is -0.242. The van der Waals surface area contributed by atoms with E-state index < -0.39 is 0 Å². The molecular formula is C18H28N4O3. The van der Waals surface area contributed by atoms with Gasteiger partial charge in [0.25, 0.3) is 5.91 Å². The van der Waals surface area contributed by atoms with Crippen molar-refractivity contribution in [3.05, 3.63) is 29.8 Å². The Balaban J connectivity index is 1.67. The van der Waals surface area contributed by atoms with Crippen LogP contribution in [-0.4, -0.2) is 76.2 Å². The van der Waals surface area contributed by atoms with Gasteiger partial charge in [-0.2, -0.15) is 0 Å². The molecule has 0 spiro atoms. The molecule has 0 unspecified atom stereocenters. The number of ether oxygens (including phenoxy) is 1. The first-order chi connectivity index (χ1) is 12.1. The summed E-state index contributed by atoms with van der Waals surface area (Å²) in [5.74, 6) is -0.419. The number of hydrogen-bond donors (Lipinski definition) is 2. The summed E-state index contributed by atoms with van der Waals surface area (Å²) in [6, 6.07) is 7.35. The number of nitrogens with one attached hydrogen (secondary N) is 2. The van der Waals surface area contributed by atoms with Crippen molar-refractivity contribution in [3.8, 4) is 0 Å². The van der Waals surface area contributed by atoms with Gasteiger partial charge in [-0.1, -0.05) is 0 Å². The Morgan fingerprint density at radius 3 is 2.48 bits per heavy atom. The zero-order valence-electron chi connectivity index (χ0n) is 15.1. The molecule has 0 aliphatic carbocycles. The summed E-state index contributed by atoms with van der Waals surface area (Å²) in [4.78, 5) is 28.3. The third-order valence-electron chi connectivity index (χ3n) is 4.31. The van der Waals surface area contributed by atoms with Crippen molar-refractivity contribution < 1.29 is 14.3 Å². The van der Waals surface area contributed by atoms with Crippen LogP contribution in [0.25, 0.3) is 0 Å². The molecule has 1 aromatic rings. The predicted molar refractivity (Wildman–Crippen MR) is 98.0 cm³/mol. The van der Waals surface area contributed by atoms with E-state index in [9.17, 15) is 9.59 Å². The lowest BCUT2D eigenvalue weighted by Crippen LogP contribution is -2.43. The summed E-state index contributed by atoms with van der Waals surface area (Å²) in [6.07, 6.45) is 0. The molecule has 1 aliphatic heterocycles. The van der Waals surface area contributed by atoms with Crippen LogP contribution in [0.15, 0.2) is 24.3 Å². The summed E-state index contributed by atoms with van der Waals surface area (Å²) in [7, 11) is 2.00. The quantitative estimate of drug-likeness (QED) is 0.708. The van der Waals surface area contributed by atoms with Crippen molar-refractivity contribution in [3.63, 3.8) is 0 Å². The summed E-state index contributed by atoms with van der Waals surface area (Å²) in [5.41, 5.74) is 1.61. The zero-order chi connectivity index (χ0) is 18.1. The monoisotopic (exact) mass is 348 g/mol. The van der Waals surface area contributed by atoms with Gasteiger partial charge < -0.3 is 20.3 Å². The van der Waals surface area contributed by atoms with E-state index in [0.717, 1.165) is 45.1 Å². The number of amides is 2. The molecule has 2 rings (SSSR count). The molecule has 1 heterocycles. The Kier molecular flexibility index (Phi) is 7.69. The lowest BCUT2D eigenvalue weighted by molar-refractivity contribution is -0.120. The molecule has 25 heavy (non-hydrogen) atoms. The minimum Gasteiger partial charge on any atom is -0.379 e. The van der Waals surface area contributed by atoms with Gasteiger partial charge in [-0.25, -0.2) is 0 Å². The van der Waals surface area contributed by atoms with Gasteiger partial charge >= 0.3 is 0 Å². The Labute approximate surface area is 149 Å². The number of carbonyl (C=O) groups is 2. The Hall–Kier alpha value is -2.12. The van der Waals surface area contributed by atoms with Crippen LogP contribution in [0, 0.1) is 0 Å². The Morgan fingerprint density at radius 2 is 1.84 bits per heavy atom. The number of nitrogens with zero attached hydrogens (tertiary/aromatic N) is 2. The molecule has 1 aliphatic rings. The van der Waals surface area contributed by atoms with E-state index in [1.165, 1.54) is 0 Å². The smallest absolute Gasteiger partial charge is 0.251 e. The van der Waals surface area contributed by atoms with Crippen molar-refractivity contribution in [1.29, 1.82) is 0 Å². The number of hydrogen-bond acceptors (Lipinski definition) is 5. The Bertz CT molecular complexity index is 556. The average molecular weight is 348 g/mol. The highest BCUT2D eigenvalue weighted by Crippen LogP contribution is 2.13. The molecule has 2 amide bonds. The van der Waals surface area contributed by atoms with Crippen LogP contribution in [0.1, 0.15) is 17.3 Å². The fraction of sp³-hybridized carbons (Fsp3) is 0.556. The van der Waals surface area contributed by atoms with Crippen LogP contribution in [0.4, 0.5) is 5.69 Å². The zero-order valence-corrected chi connectivity index (χ0v) is 15.1. The SMILES string of the molecule is CCN(C)c1ccc(C(=O)NCC(=O)NCCN2CCOCC2)cc1. The topological polar surface area (TPSA) is 73.9 Å². The van der Waals surface area contributed by atoms with Crippen molar-refractivity contribution in [2.45, 2.75) is 6.92 Å². The van der Waals surface area contributed by atoms with Gasteiger partial charge in [-0.3, -0.25) is 14.5 Å². The second-order valence-corrected chi connectivity index (χ2v) is 6.05. The normalized spacial score (nSPS) is 14.8. The largest absolute Gasteiger partial charge is 0.379 e. The van der Waals surface area contributed by atoms with E-state index in [1.807, 2.05) is 19.2 Å². The molecule has 1 fully saturated rings. The van der Waals surface area contributed by atoms with Gasteiger partial charge in [0.15, 0.2) is 0 Å². The molecule has 1 aromatic carbocycles. The number of carbonyl (C=O) groups excluding carboxylic acids is 2. The van der Waals surface area contributed by atoms with Gasteiger partial charge in [0.05, 0.1) is 19.8 Å². The summed E-state index contributed by atoms with van der Waals surface area (Å²) >= 11 is 0. The van der Waals surface area contributed by atoms with Crippen LogP contribution < -0.4 is 15.5 Å². The molecular weight excluding hydrogens is 320 g/mol. The summed E-state index contributed by atoms with van der Waals surface area (Å²) in [6.45, 7) is 7.62. The fourth-order valence-corrected chi connectivity index (χ4v) is 2.55. The van der Waals surface area contributed by atoms with Crippen LogP contribution in [0.3, 0.4) is 0 Å². The highest BCUT2D eigenvalue weighted by atomic mass is 16.5. The van der Waals surface area contributed by atoms with Crippen molar-refractivity contribution in [2.75, 3.05) is 64.4 Å².